The van der Waals surface area contributed by atoms with Crippen LogP contribution in [-0.4, -0.2) is 19.0 Å². The third-order valence-corrected chi connectivity index (χ3v) is 3.69. The topological polar surface area (TPSA) is 55.4 Å². The van der Waals surface area contributed by atoms with Crippen LogP contribution < -0.4 is 5.32 Å². The maximum Gasteiger partial charge on any atom is 0.321 e. The summed E-state index contributed by atoms with van der Waals surface area (Å²) in [6, 6.07) is 5.26. The van der Waals surface area contributed by atoms with E-state index in [-0.39, 0.29) is 5.91 Å². The molecule has 1 aromatic carbocycles. The lowest BCUT2D eigenvalue weighted by atomic mass is 10.1. The van der Waals surface area contributed by atoms with E-state index in [1.807, 2.05) is 6.92 Å². The molecule has 1 aromatic rings. The summed E-state index contributed by atoms with van der Waals surface area (Å²) in [4.78, 5) is 23.7. The van der Waals surface area contributed by atoms with E-state index in [1.54, 1.807) is 18.2 Å². The fourth-order valence-electron chi connectivity index (χ4n) is 1.83. The molecule has 1 fully saturated rings. The number of carbonyl (C=O) groups is 2. The summed E-state index contributed by atoms with van der Waals surface area (Å²) >= 11 is 5.97. The molecule has 0 spiro atoms. The molecule has 0 aromatic heterocycles. The van der Waals surface area contributed by atoms with Crippen molar-refractivity contribution < 1.29 is 14.3 Å². The van der Waals surface area contributed by atoms with Crippen LogP contribution >= 0.6 is 11.6 Å². The lowest BCUT2D eigenvalue weighted by molar-refractivity contribution is -0.150. The Balaban J connectivity index is 2.18. The Labute approximate surface area is 110 Å². The maximum atomic E-state index is 12.1. The van der Waals surface area contributed by atoms with Crippen LogP contribution in [0, 0.1) is 12.3 Å². The van der Waals surface area contributed by atoms with Crippen LogP contribution in [0.2, 0.25) is 5.02 Å². The zero-order chi connectivity index (χ0) is 13.3. The second-order valence-corrected chi connectivity index (χ2v) is 4.85. The molecule has 2 rings (SSSR count). The molecule has 0 unspecified atom stereocenters. The number of halogens is 1. The average molecular weight is 268 g/mol. The van der Waals surface area contributed by atoms with Gasteiger partial charge < -0.3 is 10.1 Å². The van der Waals surface area contributed by atoms with Gasteiger partial charge in [-0.1, -0.05) is 17.7 Å². The third-order valence-electron chi connectivity index (χ3n) is 3.28. The fourth-order valence-corrected chi connectivity index (χ4v) is 2.00. The molecule has 1 N–H and O–H groups in total. The van der Waals surface area contributed by atoms with Crippen LogP contribution in [0.25, 0.3) is 0 Å². The summed E-state index contributed by atoms with van der Waals surface area (Å²) < 4.78 is 4.66. The van der Waals surface area contributed by atoms with Crippen LogP contribution in [0.5, 0.6) is 0 Å². The summed E-state index contributed by atoms with van der Waals surface area (Å²) in [7, 11) is 1.29. The predicted molar refractivity (Wildman–Crippen MR) is 68.5 cm³/mol. The zero-order valence-corrected chi connectivity index (χ0v) is 11.0. The number of hydrogen-bond acceptors (Lipinski definition) is 3. The summed E-state index contributed by atoms with van der Waals surface area (Å²) in [6.45, 7) is 1.82. The minimum Gasteiger partial charge on any atom is -0.468 e. The normalized spacial score (nSPS) is 15.9. The van der Waals surface area contributed by atoms with E-state index < -0.39 is 11.4 Å². The van der Waals surface area contributed by atoms with Crippen molar-refractivity contribution in [2.45, 2.75) is 19.8 Å². The second-order valence-electron chi connectivity index (χ2n) is 4.44. The number of esters is 1. The average Bonchev–Trinajstić information content (AvgIpc) is 3.15. The van der Waals surface area contributed by atoms with Gasteiger partial charge in [0.2, 0.25) is 5.91 Å². The molecule has 1 amide bonds. The van der Waals surface area contributed by atoms with Gasteiger partial charge in [0.05, 0.1) is 7.11 Å². The van der Waals surface area contributed by atoms with E-state index in [4.69, 9.17) is 11.6 Å². The lowest BCUT2D eigenvalue weighted by Crippen LogP contribution is -2.32. The Morgan fingerprint density at radius 2 is 2.06 bits per heavy atom. The third kappa shape index (κ3) is 2.08. The van der Waals surface area contributed by atoms with Gasteiger partial charge >= 0.3 is 5.97 Å². The Morgan fingerprint density at radius 1 is 1.39 bits per heavy atom. The first kappa shape index (κ1) is 12.9. The van der Waals surface area contributed by atoms with Crippen molar-refractivity contribution in [3.8, 4) is 0 Å². The predicted octanol–water partition coefficient (Wildman–Crippen LogP) is 2.54. The van der Waals surface area contributed by atoms with Crippen molar-refractivity contribution in [3.63, 3.8) is 0 Å². The van der Waals surface area contributed by atoms with Gasteiger partial charge in [-0.15, -0.1) is 0 Å². The Hall–Kier alpha value is -1.55. The molecule has 4 nitrogen and oxygen atoms in total. The molecule has 0 aliphatic heterocycles. The summed E-state index contributed by atoms with van der Waals surface area (Å²) in [5.41, 5.74) is 0.416. The van der Waals surface area contributed by atoms with Gasteiger partial charge in [-0.3, -0.25) is 9.59 Å². The van der Waals surface area contributed by atoms with E-state index in [0.717, 1.165) is 5.56 Å². The highest BCUT2D eigenvalue weighted by Gasteiger charge is 2.57. The van der Waals surface area contributed by atoms with E-state index in [0.29, 0.717) is 23.6 Å². The molecule has 0 atom stereocenters. The monoisotopic (exact) mass is 267 g/mol. The molecule has 1 aliphatic carbocycles. The van der Waals surface area contributed by atoms with Crippen molar-refractivity contribution in [2.75, 3.05) is 12.4 Å². The minimum atomic E-state index is -0.997. The van der Waals surface area contributed by atoms with Crippen molar-refractivity contribution in [2.24, 2.45) is 5.41 Å². The number of ether oxygens (including phenoxy) is 1. The number of nitrogens with one attached hydrogen (secondary N) is 1. The molecule has 0 bridgehead atoms. The lowest BCUT2D eigenvalue weighted by Gasteiger charge is -2.14. The molecule has 1 aliphatic rings. The van der Waals surface area contributed by atoms with E-state index >= 15 is 0 Å². The number of anilines is 1. The SMILES string of the molecule is COC(=O)C1(C(=O)Nc2cccc(Cl)c2C)CC1. The Kier molecular flexibility index (Phi) is 3.30. The van der Waals surface area contributed by atoms with Gasteiger partial charge in [-0.05, 0) is 37.5 Å². The summed E-state index contributed by atoms with van der Waals surface area (Å²) in [6.07, 6.45) is 1.07. The molecule has 96 valence electrons. The molecule has 1 saturated carbocycles. The molecule has 0 radical (unpaired) electrons. The number of hydrogen-bond donors (Lipinski definition) is 1. The summed E-state index contributed by atoms with van der Waals surface area (Å²) in [5.74, 6) is -0.792. The van der Waals surface area contributed by atoms with E-state index in [9.17, 15) is 9.59 Å². The van der Waals surface area contributed by atoms with Gasteiger partial charge in [0.15, 0.2) is 0 Å². The highest BCUT2D eigenvalue weighted by Crippen LogP contribution is 2.47. The van der Waals surface area contributed by atoms with Crippen molar-refractivity contribution >= 4 is 29.2 Å². The fraction of sp³-hybridized carbons (Fsp3) is 0.385. The van der Waals surface area contributed by atoms with Gasteiger partial charge in [0.25, 0.3) is 0 Å². The molecular weight excluding hydrogens is 254 g/mol. The highest BCUT2D eigenvalue weighted by molar-refractivity contribution is 6.31. The number of methoxy groups -OCH3 is 1. The van der Waals surface area contributed by atoms with Crippen LogP contribution in [0.15, 0.2) is 18.2 Å². The number of carbonyl (C=O) groups excluding carboxylic acids is 2. The maximum absolute atomic E-state index is 12.1. The van der Waals surface area contributed by atoms with Crippen molar-refractivity contribution in [3.05, 3.63) is 28.8 Å². The van der Waals surface area contributed by atoms with Crippen LogP contribution in [0.3, 0.4) is 0 Å². The Morgan fingerprint density at radius 3 is 2.61 bits per heavy atom. The van der Waals surface area contributed by atoms with Crippen LogP contribution in [0.1, 0.15) is 18.4 Å². The first-order valence-electron chi connectivity index (χ1n) is 5.66. The number of amides is 1. The molecule has 18 heavy (non-hydrogen) atoms. The van der Waals surface area contributed by atoms with Gasteiger partial charge in [0.1, 0.15) is 5.41 Å². The first-order valence-corrected chi connectivity index (χ1v) is 6.04. The van der Waals surface area contributed by atoms with Crippen molar-refractivity contribution in [1.29, 1.82) is 0 Å². The van der Waals surface area contributed by atoms with Crippen LogP contribution in [-0.2, 0) is 14.3 Å². The Bertz CT molecular complexity index is 509. The zero-order valence-electron chi connectivity index (χ0n) is 10.2. The molecule has 0 heterocycles. The van der Waals surface area contributed by atoms with Gasteiger partial charge in [-0.25, -0.2) is 0 Å². The largest absolute Gasteiger partial charge is 0.468 e. The standard InChI is InChI=1S/C13H14ClNO3/c1-8-9(14)4-3-5-10(8)15-11(16)13(6-7-13)12(17)18-2/h3-5H,6-7H2,1-2H3,(H,15,16). The van der Waals surface area contributed by atoms with Crippen LogP contribution in [0.4, 0.5) is 5.69 Å². The van der Waals surface area contributed by atoms with Gasteiger partial charge in [-0.2, -0.15) is 0 Å². The first-order chi connectivity index (χ1) is 8.51. The van der Waals surface area contributed by atoms with Gasteiger partial charge in [0, 0.05) is 10.7 Å². The highest BCUT2D eigenvalue weighted by atomic mass is 35.5. The molecule has 5 heteroatoms. The molecular formula is C13H14ClNO3. The van der Waals surface area contributed by atoms with E-state index in [2.05, 4.69) is 10.1 Å². The number of benzene rings is 1. The molecule has 0 saturated heterocycles. The second kappa shape index (κ2) is 4.61. The quantitative estimate of drug-likeness (QED) is 0.676. The summed E-state index contributed by atoms with van der Waals surface area (Å²) in [5, 5.41) is 3.32. The smallest absolute Gasteiger partial charge is 0.321 e. The number of rotatable bonds is 3. The van der Waals surface area contributed by atoms with E-state index in [1.165, 1.54) is 7.11 Å². The van der Waals surface area contributed by atoms with Crippen molar-refractivity contribution in [1.82, 2.24) is 0 Å². The minimum absolute atomic E-state index is 0.320.